The zero-order valence-electron chi connectivity index (χ0n) is 16.3. The number of ether oxygens (including phenoxy) is 2. The van der Waals surface area contributed by atoms with Crippen LogP contribution in [0.4, 0.5) is 0 Å². The van der Waals surface area contributed by atoms with Gasteiger partial charge in [-0.1, -0.05) is 52.5 Å². The van der Waals surface area contributed by atoms with Gasteiger partial charge in [0.2, 0.25) is 5.52 Å². The standard InChI is InChI=1S/C20H33O4P/c1-6-7-8-9-10-14-25(22,15-16(2)3)20(21)19-17(23-4)12-11-13-18(19)24-5/h11-13,16H,6-10,14-15H2,1-5H3. The van der Waals surface area contributed by atoms with Crippen LogP contribution in [-0.4, -0.2) is 32.1 Å². The predicted octanol–water partition coefficient (Wildman–Crippen LogP) is 5.83. The van der Waals surface area contributed by atoms with Gasteiger partial charge in [0.1, 0.15) is 17.1 Å². The molecule has 0 amide bonds. The zero-order valence-corrected chi connectivity index (χ0v) is 17.2. The van der Waals surface area contributed by atoms with Crippen LogP contribution in [0.2, 0.25) is 0 Å². The van der Waals surface area contributed by atoms with E-state index < -0.39 is 7.14 Å². The number of benzene rings is 1. The van der Waals surface area contributed by atoms with Gasteiger partial charge in [0.25, 0.3) is 0 Å². The lowest BCUT2D eigenvalue weighted by Crippen LogP contribution is -2.13. The highest BCUT2D eigenvalue weighted by molar-refractivity contribution is 7.81. The second-order valence-corrected chi connectivity index (χ2v) is 9.94. The Morgan fingerprint density at radius 3 is 2.08 bits per heavy atom. The first-order valence-electron chi connectivity index (χ1n) is 9.23. The van der Waals surface area contributed by atoms with Gasteiger partial charge in [-0.15, -0.1) is 0 Å². The van der Waals surface area contributed by atoms with Gasteiger partial charge in [-0.25, -0.2) is 0 Å². The highest BCUT2D eigenvalue weighted by Gasteiger charge is 2.36. The summed E-state index contributed by atoms with van der Waals surface area (Å²) in [6.45, 7) is 6.19. The lowest BCUT2D eigenvalue weighted by Gasteiger charge is -2.21. The molecule has 0 saturated heterocycles. The molecule has 4 nitrogen and oxygen atoms in total. The summed E-state index contributed by atoms with van der Waals surface area (Å²) in [4.78, 5) is 13.3. The second-order valence-electron chi connectivity index (χ2n) is 6.95. The third-order valence-corrected chi connectivity index (χ3v) is 7.62. The van der Waals surface area contributed by atoms with Crippen molar-refractivity contribution in [3.05, 3.63) is 23.8 Å². The minimum Gasteiger partial charge on any atom is -0.496 e. The topological polar surface area (TPSA) is 52.6 Å². The number of carbonyl (C=O) groups is 1. The minimum atomic E-state index is -3.02. The maximum atomic E-state index is 13.6. The number of unbranched alkanes of at least 4 members (excludes halogenated alkanes) is 4. The van der Waals surface area contributed by atoms with Crippen LogP contribution in [0.1, 0.15) is 63.2 Å². The molecule has 0 saturated carbocycles. The second kappa shape index (κ2) is 10.7. The van der Waals surface area contributed by atoms with Crippen molar-refractivity contribution >= 4 is 12.7 Å². The van der Waals surface area contributed by atoms with Crippen LogP contribution in [0.25, 0.3) is 0 Å². The van der Waals surface area contributed by atoms with Gasteiger partial charge in [-0.05, 0) is 24.5 Å². The molecule has 0 bridgehead atoms. The molecule has 1 aromatic carbocycles. The van der Waals surface area contributed by atoms with Crippen molar-refractivity contribution in [2.75, 3.05) is 26.5 Å². The number of carbonyl (C=O) groups excluding carboxylic acids is 1. The van der Waals surface area contributed by atoms with Crippen molar-refractivity contribution in [3.63, 3.8) is 0 Å². The van der Waals surface area contributed by atoms with Gasteiger partial charge in [0.15, 0.2) is 7.14 Å². The summed E-state index contributed by atoms with van der Waals surface area (Å²) in [6, 6.07) is 5.21. The molecule has 1 rings (SSSR count). The van der Waals surface area contributed by atoms with Gasteiger partial charge >= 0.3 is 0 Å². The summed E-state index contributed by atoms with van der Waals surface area (Å²) < 4.78 is 24.3. The van der Waals surface area contributed by atoms with Gasteiger partial charge in [0, 0.05) is 12.3 Å². The summed E-state index contributed by atoms with van der Waals surface area (Å²) in [5.41, 5.74) is 0.0241. The Labute approximate surface area is 152 Å². The third kappa shape index (κ3) is 6.18. The molecule has 5 heteroatoms. The van der Waals surface area contributed by atoms with Crippen molar-refractivity contribution in [2.24, 2.45) is 5.92 Å². The zero-order chi connectivity index (χ0) is 18.9. The minimum absolute atomic E-state index is 0.200. The summed E-state index contributed by atoms with van der Waals surface area (Å²) in [7, 11) is 0.0189. The largest absolute Gasteiger partial charge is 0.496 e. The average Bonchev–Trinajstić information content (AvgIpc) is 2.59. The van der Waals surface area contributed by atoms with Crippen LogP contribution in [0.5, 0.6) is 11.5 Å². The number of hydrogen-bond acceptors (Lipinski definition) is 4. The van der Waals surface area contributed by atoms with Crippen LogP contribution >= 0.6 is 7.14 Å². The molecule has 0 aliphatic carbocycles. The normalized spacial score (nSPS) is 13.5. The molecule has 0 aromatic heterocycles. The first-order chi connectivity index (χ1) is 11.9. The Bertz CT molecular complexity index is 573. The summed E-state index contributed by atoms with van der Waals surface area (Å²) in [5.74, 6) is 1.06. The summed E-state index contributed by atoms with van der Waals surface area (Å²) in [6.07, 6.45) is 6.23. The Morgan fingerprint density at radius 2 is 1.60 bits per heavy atom. The predicted molar refractivity (Wildman–Crippen MR) is 105 cm³/mol. The van der Waals surface area contributed by atoms with Crippen LogP contribution in [0.3, 0.4) is 0 Å². The monoisotopic (exact) mass is 368 g/mol. The molecule has 0 N–H and O–H groups in total. The van der Waals surface area contributed by atoms with Gasteiger partial charge in [0.05, 0.1) is 14.2 Å². The Balaban J connectivity index is 3.10. The number of hydrogen-bond donors (Lipinski definition) is 0. The van der Waals surface area contributed by atoms with Crippen LogP contribution in [0.15, 0.2) is 18.2 Å². The van der Waals surface area contributed by atoms with Gasteiger partial charge in [-0.2, -0.15) is 0 Å². The van der Waals surface area contributed by atoms with E-state index in [0.29, 0.717) is 29.4 Å². The number of methoxy groups -OCH3 is 2. The molecule has 1 atom stereocenters. The molecule has 0 fully saturated rings. The molecule has 0 aliphatic heterocycles. The summed E-state index contributed by atoms with van der Waals surface area (Å²) >= 11 is 0. The highest BCUT2D eigenvalue weighted by atomic mass is 31.2. The first kappa shape index (κ1) is 21.8. The van der Waals surface area contributed by atoms with E-state index in [1.54, 1.807) is 18.2 Å². The number of rotatable bonds is 12. The molecule has 0 aliphatic rings. The van der Waals surface area contributed by atoms with E-state index in [4.69, 9.17) is 9.47 Å². The van der Waals surface area contributed by atoms with E-state index >= 15 is 0 Å². The molecule has 1 unspecified atom stereocenters. The maximum absolute atomic E-state index is 13.6. The SMILES string of the molecule is CCCCCCCP(=O)(CC(C)C)C(=O)c1c(OC)cccc1OC. The van der Waals surface area contributed by atoms with Crippen molar-refractivity contribution in [2.45, 2.75) is 52.9 Å². The smallest absolute Gasteiger partial charge is 0.228 e. The van der Waals surface area contributed by atoms with Crippen LogP contribution < -0.4 is 9.47 Å². The summed E-state index contributed by atoms with van der Waals surface area (Å²) in [5, 5.41) is 0. The van der Waals surface area contributed by atoms with E-state index in [0.717, 1.165) is 19.3 Å². The molecular weight excluding hydrogens is 335 g/mol. The van der Waals surface area contributed by atoms with E-state index in [9.17, 15) is 9.36 Å². The lowest BCUT2D eigenvalue weighted by atomic mass is 10.2. The molecule has 142 valence electrons. The highest BCUT2D eigenvalue weighted by Crippen LogP contribution is 2.53. The van der Waals surface area contributed by atoms with Crippen molar-refractivity contribution < 1.29 is 18.8 Å². The van der Waals surface area contributed by atoms with Crippen molar-refractivity contribution in [1.82, 2.24) is 0 Å². The Hall–Kier alpha value is -1.28. The fraction of sp³-hybridized carbons (Fsp3) is 0.650. The molecule has 0 radical (unpaired) electrons. The van der Waals surface area contributed by atoms with Gasteiger partial charge in [-0.3, -0.25) is 4.79 Å². The Morgan fingerprint density at radius 1 is 1.04 bits per heavy atom. The van der Waals surface area contributed by atoms with Gasteiger partial charge < -0.3 is 14.0 Å². The van der Waals surface area contributed by atoms with Crippen molar-refractivity contribution in [3.8, 4) is 11.5 Å². The fourth-order valence-corrected chi connectivity index (χ4v) is 6.20. The first-order valence-corrected chi connectivity index (χ1v) is 11.3. The van der Waals surface area contributed by atoms with E-state index in [-0.39, 0.29) is 11.4 Å². The van der Waals surface area contributed by atoms with E-state index in [1.165, 1.54) is 27.1 Å². The van der Waals surface area contributed by atoms with Crippen molar-refractivity contribution in [1.29, 1.82) is 0 Å². The van der Waals surface area contributed by atoms with E-state index in [1.807, 2.05) is 13.8 Å². The molecule has 0 spiro atoms. The molecule has 25 heavy (non-hydrogen) atoms. The van der Waals surface area contributed by atoms with Crippen LogP contribution in [-0.2, 0) is 4.57 Å². The maximum Gasteiger partial charge on any atom is 0.228 e. The van der Waals surface area contributed by atoms with Crippen LogP contribution in [0, 0.1) is 5.92 Å². The quantitative estimate of drug-likeness (QED) is 0.344. The molecule has 1 aromatic rings. The Kier molecular flexibility index (Phi) is 9.27. The molecular formula is C20H33O4P. The van der Waals surface area contributed by atoms with E-state index in [2.05, 4.69) is 6.92 Å². The lowest BCUT2D eigenvalue weighted by molar-refractivity contribution is 0.106. The fourth-order valence-electron chi connectivity index (χ4n) is 3.10. The third-order valence-electron chi connectivity index (χ3n) is 4.29. The average molecular weight is 368 g/mol. The molecule has 0 heterocycles.